The number of nitrogens with zero attached hydrogens (tertiary/aromatic N) is 1. The van der Waals surface area contributed by atoms with E-state index in [1.165, 1.54) is 0 Å². The molecule has 2 rings (SSSR count). The van der Waals surface area contributed by atoms with E-state index in [0.717, 1.165) is 38.9 Å². The Bertz CT molecular complexity index is 215. The lowest BCUT2D eigenvalue weighted by Crippen LogP contribution is -2.60. The molecule has 0 radical (unpaired) electrons. The van der Waals surface area contributed by atoms with Gasteiger partial charge in [-0.1, -0.05) is 0 Å². The van der Waals surface area contributed by atoms with Gasteiger partial charge in [0.1, 0.15) is 0 Å². The molecule has 0 aromatic carbocycles. The number of amides is 1. The van der Waals surface area contributed by atoms with Crippen LogP contribution in [-0.2, 0) is 4.79 Å². The normalized spacial score (nSPS) is 29.6. The Hall–Kier alpha value is -0.610. The maximum Gasteiger partial charge on any atom is 0.237 e. The molecule has 2 aliphatic rings. The summed E-state index contributed by atoms with van der Waals surface area (Å²) in [5.74, 6) is 0.219. The number of nitrogens with one attached hydrogen (secondary N) is 2. The SMILES string of the molecule is CN(C1CNC1)C1CCCCNC1=O. The van der Waals surface area contributed by atoms with Gasteiger partial charge in [0.05, 0.1) is 6.04 Å². The molecule has 2 fully saturated rings. The van der Waals surface area contributed by atoms with Crippen LogP contribution in [-0.4, -0.2) is 49.6 Å². The van der Waals surface area contributed by atoms with E-state index >= 15 is 0 Å². The fourth-order valence-electron chi connectivity index (χ4n) is 2.13. The van der Waals surface area contributed by atoms with E-state index in [9.17, 15) is 4.79 Å². The highest BCUT2D eigenvalue weighted by molar-refractivity contribution is 5.81. The molecule has 0 bridgehead atoms. The van der Waals surface area contributed by atoms with E-state index in [0.29, 0.717) is 6.04 Å². The van der Waals surface area contributed by atoms with Gasteiger partial charge >= 0.3 is 0 Å². The minimum atomic E-state index is 0.101. The monoisotopic (exact) mass is 197 g/mol. The highest BCUT2D eigenvalue weighted by atomic mass is 16.2. The van der Waals surface area contributed by atoms with Crippen LogP contribution in [0.5, 0.6) is 0 Å². The summed E-state index contributed by atoms with van der Waals surface area (Å²) in [4.78, 5) is 14.0. The summed E-state index contributed by atoms with van der Waals surface area (Å²) in [6.07, 6.45) is 3.30. The molecule has 0 spiro atoms. The summed E-state index contributed by atoms with van der Waals surface area (Å²) in [6, 6.07) is 0.661. The molecule has 4 nitrogen and oxygen atoms in total. The summed E-state index contributed by atoms with van der Waals surface area (Å²) in [6.45, 7) is 2.91. The lowest BCUT2D eigenvalue weighted by atomic mass is 10.0. The largest absolute Gasteiger partial charge is 0.355 e. The molecule has 4 heteroatoms. The standard InChI is InChI=1S/C10H19N3O/c1-13(8-6-11-7-8)9-4-2-3-5-12-10(9)14/h8-9,11H,2-7H2,1H3,(H,12,14). The van der Waals surface area contributed by atoms with Crippen LogP contribution in [0.15, 0.2) is 0 Å². The van der Waals surface area contributed by atoms with Crippen molar-refractivity contribution in [1.29, 1.82) is 0 Å². The first-order valence-electron chi connectivity index (χ1n) is 5.49. The van der Waals surface area contributed by atoms with E-state index in [1.807, 2.05) is 0 Å². The van der Waals surface area contributed by atoms with Crippen LogP contribution in [0.4, 0.5) is 0 Å². The molecule has 0 aromatic rings. The second-order valence-corrected chi connectivity index (χ2v) is 4.28. The van der Waals surface area contributed by atoms with Crippen LogP contribution < -0.4 is 10.6 Å². The Morgan fingerprint density at radius 3 is 2.79 bits per heavy atom. The number of rotatable bonds is 2. The van der Waals surface area contributed by atoms with Crippen LogP contribution in [0.3, 0.4) is 0 Å². The first-order valence-corrected chi connectivity index (χ1v) is 5.49. The van der Waals surface area contributed by atoms with Gasteiger partial charge < -0.3 is 10.6 Å². The second kappa shape index (κ2) is 4.28. The molecule has 1 amide bonds. The third kappa shape index (κ3) is 1.91. The molecule has 2 saturated heterocycles. The van der Waals surface area contributed by atoms with Crippen molar-refractivity contribution >= 4 is 5.91 Å². The van der Waals surface area contributed by atoms with Gasteiger partial charge in [0.15, 0.2) is 0 Å². The van der Waals surface area contributed by atoms with Crippen molar-refractivity contribution in [2.75, 3.05) is 26.7 Å². The highest BCUT2D eigenvalue weighted by Crippen LogP contribution is 2.15. The number of hydrogen-bond acceptors (Lipinski definition) is 3. The van der Waals surface area contributed by atoms with E-state index in [2.05, 4.69) is 22.6 Å². The Kier molecular flexibility index (Phi) is 3.03. The molecule has 1 unspecified atom stereocenters. The van der Waals surface area contributed by atoms with Gasteiger partial charge in [-0.15, -0.1) is 0 Å². The first kappa shape index (κ1) is 9.93. The average molecular weight is 197 g/mol. The second-order valence-electron chi connectivity index (χ2n) is 4.28. The van der Waals surface area contributed by atoms with Gasteiger partial charge in [0.2, 0.25) is 5.91 Å². The van der Waals surface area contributed by atoms with Crippen molar-refractivity contribution in [2.24, 2.45) is 0 Å². The van der Waals surface area contributed by atoms with Crippen molar-refractivity contribution < 1.29 is 4.79 Å². The fraction of sp³-hybridized carbons (Fsp3) is 0.900. The van der Waals surface area contributed by atoms with E-state index in [1.54, 1.807) is 0 Å². The lowest BCUT2D eigenvalue weighted by Gasteiger charge is -2.39. The summed E-state index contributed by atoms with van der Waals surface area (Å²) >= 11 is 0. The van der Waals surface area contributed by atoms with E-state index < -0.39 is 0 Å². The summed E-state index contributed by atoms with van der Waals surface area (Å²) in [5.41, 5.74) is 0. The summed E-state index contributed by atoms with van der Waals surface area (Å²) < 4.78 is 0. The van der Waals surface area contributed by atoms with E-state index in [4.69, 9.17) is 0 Å². The molecular weight excluding hydrogens is 178 g/mol. The van der Waals surface area contributed by atoms with Gasteiger partial charge in [-0.2, -0.15) is 0 Å². The third-order valence-corrected chi connectivity index (χ3v) is 3.33. The van der Waals surface area contributed by atoms with E-state index in [-0.39, 0.29) is 11.9 Å². The Morgan fingerprint density at radius 2 is 2.14 bits per heavy atom. The maximum absolute atomic E-state index is 11.7. The smallest absolute Gasteiger partial charge is 0.237 e. The zero-order chi connectivity index (χ0) is 9.97. The molecule has 2 N–H and O–H groups in total. The van der Waals surface area contributed by atoms with Crippen LogP contribution in [0.25, 0.3) is 0 Å². The minimum absolute atomic E-state index is 0.101. The first-order chi connectivity index (χ1) is 6.79. The predicted octanol–water partition coefficient (Wildman–Crippen LogP) is -0.441. The van der Waals surface area contributed by atoms with Crippen molar-refractivity contribution in [3.63, 3.8) is 0 Å². The van der Waals surface area contributed by atoms with Gasteiger partial charge in [0.25, 0.3) is 0 Å². The predicted molar refractivity (Wildman–Crippen MR) is 55.1 cm³/mol. The summed E-state index contributed by atoms with van der Waals surface area (Å²) in [7, 11) is 2.07. The van der Waals surface area contributed by atoms with Gasteiger partial charge in [-0.05, 0) is 26.3 Å². The Labute approximate surface area is 85.0 Å². The maximum atomic E-state index is 11.7. The van der Waals surface area contributed by atoms with Gasteiger partial charge in [0, 0.05) is 25.7 Å². The quantitative estimate of drug-likeness (QED) is 0.631. The van der Waals surface area contributed by atoms with Gasteiger partial charge in [-0.3, -0.25) is 9.69 Å². The molecule has 80 valence electrons. The van der Waals surface area contributed by atoms with Crippen LogP contribution in [0.1, 0.15) is 19.3 Å². The zero-order valence-electron chi connectivity index (χ0n) is 8.75. The zero-order valence-corrected chi connectivity index (χ0v) is 8.75. The molecule has 2 heterocycles. The summed E-state index contributed by atoms with van der Waals surface area (Å²) in [5, 5.41) is 6.22. The van der Waals surface area contributed by atoms with Crippen LogP contribution >= 0.6 is 0 Å². The van der Waals surface area contributed by atoms with Crippen molar-refractivity contribution in [1.82, 2.24) is 15.5 Å². The number of carbonyl (C=O) groups excluding carboxylic acids is 1. The third-order valence-electron chi connectivity index (χ3n) is 3.33. The fourth-order valence-corrected chi connectivity index (χ4v) is 2.13. The topological polar surface area (TPSA) is 44.4 Å². The average Bonchev–Trinajstić information content (AvgIpc) is 2.26. The molecule has 0 aromatic heterocycles. The van der Waals surface area contributed by atoms with Crippen LogP contribution in [0.2, 0.25) is 0 Å². The van der Waals surface area contributed by atoms with Crippen molar-refractivity contribution in [2.45, 2.75) is 31.3 Å². The highest BCUT2D eigenvalue weighted by Gasteiger charge is 2.31. The number of carbonyl (C=O) groups is 1. The molecule has 0 aliphatic carbocycles. The molecule has 14 heavy (non-hydrogen) atoms. The van der Waals surface area contributed by atoms with Crippen molar-refractivity contribution in [3.8, 4) is 0 Å². The van der Waals surface area contributed by atoms with Crippen molar-refractivity contribution in [3.05, 3.63) is 0 Å². The molecule has 1 atom stereocenters. The Morgan fingerprint density at radius 1 is 1.36 bits per heavy atom. The molecule has 0 saturated carbocycles. The number of hydrogen-bond donors (Lipinski definition) is 2. The van der Waals surface area contributed by atoms with Crippen LogP contribution in [0, 0.1) is 0 Å². The Balaban J connectivity index is 1.95. The minimum Gasteiger partial charge on any atom is -0.355 e. The molecular formula is C10H19N3O. The number of likely N-dealkylation sites (N-methyl/N-ethyl adjacent to an activating group) is 1. The van der Waals surface area contributed by atoms with Gasteiger partial charge in [-0.25, -0.2) is 0 Å². The lowest BCUT2D eigenvalue weighted by molar-refractivity contribution is -0.126. The molecule has 2 aliphatic heterocycles.